The summed E-state index contributed by atoms with van der Waals surface area (Å²) in [5.41, 5.74) is 2.31. The SMILES string of the molecule is CCC(Nc1cccc(SNC(=O)c2ccc(C(C)(C)C)nc2N2CC(C)CC2(C)C)n1)c1ccc(Br)cn1. The molecule has 1 aliphatic rings. The molecule has 1 amide bonds. The van der Waals surface area contributed by atoms with E-state index >= 15 is 0 Å². The molecule has 2 atom stereocenters. The van der Waals surface area contributed by atoms with Crippen molar-refractivity contribution in [2.75, 3.05) is 16.8 Å². The molecule has 4 rings (SSSR count). The summed E-state index contributed by atoms with van der Waals surface area (Å²) < 4.78 is 3.96. The first kappa shape index (κ1) is 29.3. The van der Waals surface area contributed by atoms with Crippen LogP contribution in [0.4, 0.5) is 11.6 Å². The minimum Gasteiger partial charge on any atom is -0.362 e. The van der Waals surface area contributed by atoms with Crippen LogP contribution < -0.4 is 14.9 Å². The van der Waals surface area contributed by atoms with Gasteiger partial charge in [-0.25, -0.2) is 9.97 Å². The molecule has 0 aromatic carbocycles. The summed E-state index contributed by atoms with van der Waals surface area (Å²) in [5.74, 6) is 1.84. The van der Waals surface area contributed by atoms with Crippen molar-refractivity contribution in [1.29, 1.82) is 0 Å². The average molecular weight is 612 g/mol. The van der Waals surface area contributed by atoms with Gasteiger partial charge in [-0.2, -0.15) is 0 Å². The van der Waals surface area contributed by atoms with Gasteiger partial charge >= 0.3 is 0 Å². The number of aromatic nitrogens is 3. The Morgan fingerprint density at radius 1 is 1.18 bits per heavy atom. The van der Waals surface area contributed by atoms with Crippen LogP contribution in [0.3, 0.4) is 0 Å². The molecule has 0 aliphatic carbocycles. The molecule has 1 aliphatic heterocycles. The second-order valence-corrected chi connectivity index (χ2v) is 13.7. The third kappa shape index (κ3) is 7.11. The van der Waals surface area contributed by atoms with Gasteiger partial charge in [0.2, 0.25) is 0 Å². The van der Waals surface area contributed by atoms with Crippen molar-refractivity contribution in [2.24, 2.45) is 5.92 Å². The lowest BCUT2D eigenvalue weighted by atomic mass is 9.91. The first-order chi connectivity index (χ1) is 18.4. The normalized spacial score (nSPS) is 17.6. The van der Waals surface area contributed by atoms with Gasteiger partial charge in [0, 0.05) is 45.8 Å². The zero-order valence-electron chi connectivity index (χ0n) is 23.9. The lowest BCUT2D eigenvalue weighted by molar-refractivity contribution is 0.0984. The molecule has 2 N–H and O–H groups in total. The number of nitrogens with one attached hydrogen (secondary N) is 2. The van der Waals surface area contributed by atoms with Crippen LogP contribution in [0.25, 0.3) is 0 Å². The molecular weight excluding hydrogens is 572 g/mol. The minimum absolute atomic E-state index is 0.0293. The molecule has 3 aromatic rings. The third-order valence-corrected chi connectivity index (χ3v) is 8.22. The van der Waals surface area contributed by atoms with Gasteiger partial charge in [0.25, 0.3) is 5.91 Å². The first-order valence-corrected chi connectivity index (χ1v) is 15.1. The Labute approximate surface area is 245 Å². The zero-order valence-corrected chi connectivity index (χ0v) is 26.3. The fourth-order valence-electron chi connectivity index (χ4n) is 5.07. The van der Waals surface area contributed by atoms with Crippen LogP contribution in [0.2, 0.25) is 0 Å². The zero-order chi connectivity index (χ0) is 28.4. The van der Waals surface area contributed by atoms with E-state index in [0.29, 0.717) is 16.5 Å². The van der Waals surface area contributed by atoms with Gasteiger partial charge in [0.05, 0.1) is 17.3 Å². The standard InChI is InChI=1S/C30H39BrN6OS/c1-8-22(23-14-12-20(31)17-32-23)33-25-10-9-11-26(35-25)39-36-28(38)21-13-15-24(29(3,4)5)34-27(21)37-18-19(2)16-30(37,6)7/h9-15,17,19,22H,8,16,18H2,1-7H3,(H,33,35)(H,36,38). The van der Waals surface area contributed by atoms with Crippen LogP contribution in [-0.4, -0.2) is 32.9 Å². The predicted octanol–water partition coefficient (Wildman–Crippen LogP) is 7.56. The molecule has 208 valence electrons. The van der Waals surface area contributed by atoms with Crippen LogP contribution in [0.15, 0.2) is 58.2 Å². The Balaban J connectivity index is 1.52. The highest BCUT2D eigenvalue weighted by Gasteiger charge is 2.39. The van der Waals surface area contributed by atoms with Gasteiger partial charge in [0.15, 0.2) is 0 Å². The Morgan fingerprint density at radius 2 is 1.95 bits per heavy atom. The number of hydrogen-bond donors (Lipinski definition) is 2. The first-order valence-electron chi connectivity index (χ1n) is 13.5. The van der Waals surface area contributed by atoms with E-state index in [-0.39, 0.29) is 22.9 Å². The lowest BCUT2D eigenvalue weighted by Crippen LogP contribution is -2.40. The molecule has 1 fully saturated rings. The van der Waals surface area contributed by atoms with E-state index in [9.17, 15) is 4.79 Å². The van der Waals surface area contributed by atoms with Crippen molar-refractivity contribution in [3.63, 3.8) is 0 Å². The molecule has 4 heterocycles. The summed E-state index contributed by atoms with van der Waals surface area (Å²) in [6.07, 6.45) is 3.72. The second kappa shape index (κ2) is 11.8. The van der Waals surface area contributed by atoms with Crippen molar-refractivity contribution in [3.05, 3.63) is 70.1 Å². The van der Waals surface area contributed by atoms with E-state index in [1.807, 2.05) is 42.5 Å². The van der Waals surface area contributed by atoms with E-state index in [1.165, 1.54) is 11.9 Å². The van der Waals surface area contributed by atoms with Gasteiger partial charge in [-0.05, 0) is 84.9 Å². The van der Waals surface area contributed by atoms with E-state index in [2.05, 4.69) is 84.3 Å². The van der Waals surface area contributed by atoms with Crippen molar-refractivity contribution in [2.45, 2.75) is 83.3 Å². The van der Waals surface area contributed by atoms with Gasteiger partial charge in [-0.3, -0.25) is 14.5 Å². The molecule has 0 bridgehead atoms. The van der Waals surface area contributed by atoms with Gasteiger partial charge in [-0.15, -0.1) is 0 Å². The smallest absolute Gasteiger partial charge is 0.265 e. The highest BCUT2D eigenvalue weighted by Crippen LogP contribution is 2.38. The number of rotatable bonds is 8. The highest BCUT2D eigenvalue weighted by atomic mass is 79.9. The maximum absolute atomic E-state index is 13.5. The van der Waals surface area contributed by atoms with E-state index in [4.69, 9.17) is 9.97 Å². The number of nitrogens with zero attached hydrogens (tertiary/aromatic N) is 4. The summed E-state index contributed by atoms with van der Waals surface area (Å²) in [5, 5.41) is 4.17. The molecule has 3 aromatic heterocycles. The number of amides is 1. The fraction of sp³-hybridized carbons (Fsp3) is 0.467. The van der Waals surface area contributed by atoms with Crippen LogP contribution in [0.5, 0.6) is 0 Å². The minimum atomic E-state index is -0.177. The van der Waals surface area contributed by atoms with Crippen molar-refractivity contribution >= 4 is 45.4 Å². The summed E-state index contributed by atoms with van der Waals surface area (Å²) in [6, 6.07) is 13.7. The van der Waals surface area contributed by atoms with Crippen LogP contribution >= 0.6 is 27.9 Å². The monoisotopic (exact) mass is 610 g/mol. The summed E-state index contributed by atoms with van der Waals surface area (Å²) in [4.78, 5) is 30.1. The summed E-state index contributed by atoms with van der Waals surface area (Å²) in [7, 11) is 0. The van der Waals surface area contributed by atoms with E-state index in [1.54, 1.807) is 6.20 Å². The van der Waals surface area contributed by atoms with Gasteiger partial charge < -0.3 is 10.2 Å². The number of hydrogen-bond acceptors (Lipinski definition) is 7. The molecular formula is C30H39BrN6OS. The van der Waals surface area contributed by atoms with Crippen LogP contribution in [-0.2, 0) is 5.41 Å². The van der Waals surface area contributed by atoms with Gasteiger partial charge in [-0.1, -0.05) is 40.7 Å². The summed E-state index contributed by atoms with van der Waals surface area (Å²) in [6.45, 7) is 16.1. The second-order valence-electron chi connectivity index (χ2n) is 12.0. The maximum atomic E-state index is 13.5. The highest BCUT2D eigenvalue weighted by molar-refractivity contribution is 9.10. The molecule has 0 saturated carbocycles. The van der Waals surface area contributed by atoms with E-state index < -0.39 is 0 Å². The Bertz CT molecular complexity index is 1310. The molecule has 1 saturated heterocycles. The predicted molar refractivity (Wildman–Crippen MR) is 164 cm³/mol. The number of halogens is 1. The Morgan fingerprint density at radius 3 is 2.56 bits per heavy atom. The number of carbonyl (C=O) groups is 1. The Hall–Kier alpha value is -2.65. The number of carbonyl (C=O) groups excluding carboxylic acids is 1. The van der Waals surface area contributed by atoms with Crippen LogP contribution in [0, 0.1) is 5.92 Å². The molecule has 9 heteroatoms. The lowest BCUT2D eigenvalue weighted by Gasteiger charge is -2.34. The Kier molecular flexibility index (Phi) is 8.91. The van der Waals surface area contributed by atoms with Crippen molar-refractivity contribution in [1.82, 2.24) is 19.7 Å². The topological polar surface area (TPSA) is 83.0 Å². The largest absolute Gasteiger partial charge is 0.362 e. The maximum Gasteiger partial charge on any atom is 0.265 e. The third-order valence-electron chi connectivity index (χ3n) is 7.03. The fourth-order valence-corrected chi connectivity index (χ4v) is 5.90. The molecule has 0 spiro atoms. The molecule has 0 radical (unpaired) electrons. The quantitative estimate of drug-likeness (QED) is 0.255. The number of anilines is 2. The van der Waals surface area contributed by atoms with Crippen LogP contribution in [0.1, 0.15) is 89.1 Å². The number of pyridine rings is 3. The molecule has 39 heavy (non-hydrogen) atoms. The molecule has 2 unspecified atom stereocenters. The molecule has 7 nitrogen and oxygen atoms in total. The summed E-state index contributed by atoms with van der Waals surface area (Å²) >= 11 is 4.66. The van der Waals surface area contributed by atoms with Crippen molar-refractivity contribution < 1.29 is 4.79 Å². The van der Waals surface area contributed by atoms with Crippen molar-refractivity contribution in [3.8, 4) is 0 Å². The van der Waals surface area contributed by atoms with Gasteiger partial charge in [0.1, 0.15) is 16.7 Å². The van der Waals surface area contributed by atoms with E-state index in [0.717, 1.165) is 46.9 Å². The average Bonchev–Trinajstić information content (AvgIpc) is 3.17.